The number of aromatic nitrogens is 2. The summed E-state index contributed by atoms with van der Waals surface area (Å²) in [5, 5.41) is 8.48. The zero-order chi connectivity index (χ0) is 19.7. The Bertz CT molecular complexity index is 1010. The Morgan fingerprint density at radius 2 is 2.25 bits per heavy atom. The molecule has 1 aromatic carbocycles. The molecule has 1 aliphatic carbocycles. The molecule has 0 saturated heterocycles. The van der Waals surface area contributed by atoms with Crippen LogP contribution in [0.25, 0.3) is 10.8 Å². The van der Waals surface area contributed by atoms with E-state index in [9.17, 15) is 9.18 Å². The van der Waals surface area contributed by atoms with Gasteiger partial charge in [-0.1, -0.05) is 18.7 Å². The lowest BCUT2D eigenvalue weighted by Gasteiger charge is -2.16. The molecule has 3 aromatic rings. The van der Waals surface area contributed by atoms with Crippen molar-refractivity contribution in [2.24, 2.45) is 5.92 Å². The standard InChI is InChI=1S/C20H19FN2O3S2/c1-11-3-6-17-12(7-11)8-18(28-17)19-22-23-20(26-19)27-10-15(24)14-9-13(21)4-5-16(14)25-2/h4-5,8-9,11H,3,6-7,10H2,1-2H3/t11-/m1/s1. The first-order valence-corrected chi connectivity index (χ1v) is 10.8. The number of carbonyl (C=O) groups is 1. The van der Waals surface area contributed by atoms with E-state index in [0.717, 1.165) is 29.5 Å². The number of carbonyl (C=O) groups excluding carboxylic acids is 1. The van der Waals surface area contributed by atoms with Gasteiger partial charge in [-0.2, -0.15) is 0 Å². The Kier molecular flexibility index (Phi) is 5.50. The Morgan fingerprint density at radius 1 is 1.39 bits per heavy atom. The molecule has 1 atom stereocenters. The van der Waals surface area contributed by atoms with Crippen molar-refractivity contribution in [2.75, 3.05) is 12.9 Å². The molecule has 146 valence electrons. The van der Waals surface area contributed by atoms with Crippen molar-refractivity contribution in [3.63, 3.8) is 0 Å². The smallest absolute Gasteiger partial charge is 0.277 e. The van der Waals surface area contributed by atoms with Gasteiger partial charge in [0.15, 0.2) is 5.78 Å². The molecule has 5 nitrogen and oxygen atoms in total. The first kappa shape index (κ1) is 19.1. The second kappa shape index (κ2) is 8.05. The highest BCUT2D eigenvalue weighted by Gasteiger charge is 2.21. The van der Waals surface area contributed by atoms with Gasteiger partial charge >= 0.3 is 0 Å². The first-order valence-electron chi connectivity index (χ1n) is 8.98. The normalized spacial score (nSPS) is 16.0. The van der Waals surface area contributed by atoms with E-state index in [2.05, 4.69) is 23.2 Å². The SMILES string of the molecule is COc1ccc(F)cc1C(=O)CSc1nnc(-c2cc3c(s2)CC[C@@H](C)C3)o1. The molecule has 2 aromatic heterocycles. The largest absolute Gasteiger partial charge is 0.496 e. The van der Waals surface area contributed by atoms with Crippen LogP contribution in [0.1, 0.15) is 34.1 Å². The fourth-order valence-corrected chi connectivity index (χ4v) is 5.06. The van der Waals surface area contributed by atoms with Gasteiger partial charge in [0.05, 0.1) is 23.3 Å². The molecule has 0 bridgehead atoms. The van der Waals surface area contributed by atoms with E-state index in [0.29, 0.717) is 22.8 Å². The lowest BCUT2D eigenvalue weighted by atomic mass is 9.90. The van der Waals surface area contributed by atoms with E-state index in [1.165, 1.54) is 42.2 Å². The predicted octanol–water partition coefficient (Wildman–Crippen LogP) is 5.05. The van der Waals surface area contributed by atoms with Crippen LogP contribution in [0.5, 0.6) is 5.75 Å². The fraction of sp³-hybridized carbons (Fsp3) is 0.350. The van der Waals surface area contributed by atoms with Crippen LogP contribution in [0.2, 0.25) is 0 Å². The number of Topliss-reactive ketones (excluding diaryl/α,β-unsaturated/α-hetero) is 1. The average molecular weight is 419 g/mol. The van der Waals surface area contributed by atoms with Gasteiger partial charge < -0.3 is 9.15 Å². The number of nitrogens with zero attached hydrogens (tertiary/aromatic N) is 2. The summed E-state index contributed by atoms with van der Waals surface area (Å²) >= 11 is 2.84. The van der Waals surface area contributed by atoms with Gasteiger partial charge in [-0.15, -0.1) is 21.5 Å². The van der Waals surface area contributed by atoms with Crippen molar-refractivity contribution in [3.8, 4) is 16.5 Å². The number of benzene rings is 1. The third-order valence-electron chi connectivity index (χ3n) is 4.74. The summed E-state index contributed by atoms with van der Waals surface area (Å²) in [5.41, 5.74) is 1.58. The summed E-state index contributed by atoms with van der Waals surface area (Å²) in [5.74, 6) is 0.836. The third kappa shape index (κ3) is 3.98. The second-order valence-electron chi connectivity index (χ2n) is 6.84. The van der Waals surface area contributed by atoms with Crippen LogP contribution in [-0.4, -0.2) is 28.8 Å². The van der Waals surface area contributed by atoms with Crippen molar-refractivity contribution in [1.29, 1.82) is 0 Å². The topological polar surface area (TPSA) is 65.2 Å². The number of ketones is 1. The van der Waals surface area contributed by atoms with Crippen molar-refractivity contribution >= 4 is 28.9 Å². The van der Waals surface area contributed by atoms with Gasteiger partial charge in [-0.25, -0.2) is 4.39 Å². The van der Waals surface area contributed by atoms with Crippen LogP contribution < -0.4 is 4.74 Å². The fourth-order valence-electron chi connectivity index (χ4n) is 3.28. The third-order valence-corrected chi connectivity index (χ3v) is 6.78. The highest BCUT2D eigenvalue weighted by atomic mass is 32.2. The lowest BCUT2D eigenvalue weighted by Crippen LogP contribution is -2.07. The molecule has 0 unspecified atom stereocenters. The summed E-state index contributed by atoms with van der Waals surface area (Å²) in [6.45, 7) is 2.27. The molecule has 0 fully saturated rings. The monoisotopic (exact) mass is 418 g/mol. The Morgan fingerprint density at radius 3 is 3.07 bits per heavy atom. The van der Waals surface area contributed by atoms with Gasteiger partial charge in [-0.3, -0.25) is 4.79 Å². The van der Waals surface area contributed by atoms with Crippen LogP contribution in [-0.2, 0) is 12.8 Å². The molecule has 2 heterocycles. The summed E-state index contributed by atoms with van der Waals surface area (Å²) in [7, 11) is 1.45. The molecule has 0 aliphatic heterocycles. The van der Waals surface area contributed by atoms with E-state index in [-0.39, 0.29) is 17.1 Å². The van der Waals surface area contributed by atoms with E-state index in [1.807, 2.05) is 0 Å². The minimum absolute atomic E-state index is 0.0555. The summed E-state index contributed by atoms with van der Waals surface area (Å²) < 4.78 is 24.3. The minimum atomic E-state index is -0.481. The zero-order valence-electron chi connectivity index (χ0n) is 15.5. The maximum absolute atomic E-state index is 13.5. The molecule has 0 spiro atoms. The molecular formula is C20H19FN2O3S2. The molecule has 8 heteroatoms. The lowest BCUT2D eigenvalue weighted by molar-refractivity contribution is 0.101. The molecule has 0 radical (unpaired) electrons. The van der Waals surface area contributed by atoms with Crippen LogP contribution in [0, 0.1) is 11.7 Å². The molecular weight excluding hydrogens is 399 g/mol. The molecule has 0 amide bonds. The average Bonchev–Trinajstić information content (AvgIpc) is 3.32. The summed E-state index contributed by atoms with van der Waals surface area (Å²) in [6, 6.07) is 6.02. The summed E-state index contributed by atoms with van der Waals surface area (Å²) in [6.07, 6.45) is 3.40. The zero-order valence-corrected chi connectivity index (χ0v) is 17.2. The van der Waals surface area contributed by atoms with E-state index >= 15 is 0 Å². The van der Waals surface area contributed by atoms with Crippen molar-refractivity contribution in [1.82, 2.24) is 10.2 Å². The number of thioether (sulfide) groups is 1. The predicted molar refractivity (Wildman–Crippen MR) is 107 cm³/mol. The van der Waals surface area contributed by atoms with Crippen LogP contribution in [0.3, 0.4) is 0 Å². The van der Waals surface area contributed by atoms with Gasteiger partial charge in [0.25, 0.3) is 11.1 Å². The van der Waals surface area contributed by atoms with Gasteiger partial charge in [-0.05, 0) is 55.0 Å². The van der Waals surface area contributed by atoms with E-state index in [1.54, 1.807) is 11.3 Å². The number of methoxy groups -OCH3 is 1. The number of fused-ring (bicyclic) bond motifs is 1. The molecule has 28 heavy (non-hydrogen) atoms. The minimum Gasteiger partial charge on any atom is -0.496 e. The van der Waals surface area contributed by atoms with Crippen LogP contribution >= 0.6 is 23.1 Å². The van der Waals surface area contributed by atoms with E-state index < -0.39 is 5.82 Å². The van der Waals surface area contributed by atoms with Gasteiger partial charge in [0.1, 0.15) is 11.6 Å². The number of rotatable bonds is 6. The van der Waals surface area contributed by atoms with E-state index in [4.69, 9.17) is 9.15 Å². The maximum Gasteiger partial charge on any atom is 0.277 e. The Balaban J connectivity index is 1.44. The highest BCUT2D eigenvalue weighted by Crippen LogP contribution is 2.37. The highest BCUT2D eigenvalue weighted by molar-refractivity contribution is 7.99. The Labute approximate surface area is 170 Å². The maximum atomic E-state index is 13.5. The first-order chi connectivity index (χ1) is 13.5. The molecule has 0 saturated carbocycles. The summed E-state index contributed by atoms with van der Waals surface area (Å²) in [4.78, 5) is 14.8. The van der Waals surface area contributed by atoms with Gasteiger partial charge in [0.2, 0.25) is 0 Å². The number of aryl methyl sites for hydroxylation is 1. The number of ether oxygens (including phenoxy) is 1. The number of hydrogen-bond acceptors (Lipinski definition) is 7. The van der Waals surface area contributed by atoms with Crippen LogP contribution in [0.15, 0.2) is 33.9 Å². The molecule has 1 aliphatic rings. The van der Waals surface area contributed by atoms with Gasteiger partial charge in [0, 0.05) is 4.88 Å². The second-order valence-corrected chi connectivity index (χ2v) is 8.90. The number of halogens is 1. The number of thiophene rings is 1. The quantitative estimate of drug-likeness (QED) is 0.412. The van der Waals surface area contributed by atoms with Crippen LogP contribution in [0.4, 0.5) is 4.39 Å². The van der Waals surface area contributed by atoms with Crippen molar-refractivity contribution in [2.45, 2.75) is 31.4 Å². The van der Waals surface area contributed by atoms with Crippen molar-refractivity contribution < 1.29 is 18.3 Å². The molecule has 4 rings (SSSR count). The number of hydrogen-bond donors (Lipinski definition) is 0. The Hall–Kier alpha value is -2.19. The van der Waals surface area contributed by atoms with Crippen molar-refractivity contribution in [3.05, 3.63) is 46.1 Å². The molecule has 0 N–H and O–H groups in total.